The highest BCUT2D eigenvalue weighted by molar-refractivity contribution is 5.50. The minimum Gasteiger partial charge on any atom is -0.271 e. The summed E-state index contributed by atoms with van der Waals surface area (Å²) in [5, 5.41) is 0. The van der Waals surface area contributed by atoms with Gasteiger partial charge in [0.15, 0.2) is 0 Å². The molecule has 0 fully saturated rings. The van der Waals surface area contributed by atoms with Gasteiger partial charge in [0.1, 0.15) is 6.61 Å². The lowest BCUT2D eigenvalue weighted by molar-refractivity contribution is 0.202. The zero-order valence-corrected chi connectivity index (χ0v) is 4.85. The van der Waals surface area contributed by atoms with E-state index in [1.165, 1.54) is 0 Å². The lowest BCUT2D eigenvalue weighted by atomic mass is 10.2. The summed E-state index contributed by atoms with van der Waals surface area (Å²) in [5.74, 6) is 0. The van der Waals surface area contributed by atoms with Crippen LogP contribution in [0.25, 0.3) is 0 Å². The van der Waals surface area contributed by atoms with Gasteiger partial charge in [0, 0.05) is 5.56 Å². The maximum absolute atomic E-state index is 4.93. The molecular formula is C7H6NO. The molecule has 2 nitrogen and oxygen atoms in total. The lowest BCUT2D eigenvalue weighted by Crippen LogP contribution is -1.86. The van der Waals surface area contributed by atoms with Gasteiger partial charge in [0.25, 0.3) is 0 Å². The van der Waals surface area contributed by atoms with Gasteiger partial charge in [-0.15, -0.1) is 0 Å². The van der Waals surface area contributed by atoms with Crippen molar-refractivity contribution in [2.45, 2.75) is 6.61 Å². The van der Waals surface area contributed by atoms with Crippen LogP contribution in [0.5, 0.6) is 0 Å². The molecule has 0 saturated carbocycles. The monoisotopic (exact) mass is 120 g/mol. The average molecular weight is 120 g/mol. The van der Waals surface area contributed by atoms with Crippen molar-refractivity contribution in [1.29, 1.82) is 0 Å². The highest BCUT2D eigenvalue weighted by Gasteiger charge is 2.07. The van der Waals surface area contributed by atoms with Crippen molar-refractivity contribution in [2.24, 2.45) is 0 Å². The molecular weight excluding hydrogens is 114 g/mol. The van der Waals surface area contributed by atoms with E-state index >= 15 is 0 Å². The molecule has 9 heavy (non-hydrogen) atoms. The van der Waals surface area contributed by atoms with Crippen LogP contribution in [0.2, 0.25) is 0 Å². The number of nitrogens with one attached hydrogen (secondary N) is 1. The zero-order valence-electron chi connectivity index (χ0n) is 4.85. The highest BCUT2D eigenvalue weighted by Crippen LogP contribution is 2.20. The third kappa shape index (κ3) is 0.678. The van der Waals surface area contributed by atoms with E-state index in [2.05, 4.69) is 11.5 Å². The van der Waals surface area contributed by atoms with Crippen molar-refractivity contribution in [3.63, 3.8) is 0 Å². The molecule has 0 unspecified atom stereocenters. The smallest absolute Gasteiger partial charge is 0.102 e. The maximum Gasteiger partial charge on any atom is 0.102 e. The fraction of sp³-hybridized carbons (Fsp3) is 0.143. The lowest BCUT2D eigenvalue weighted by Gasteiger charge is -1.91. The number of hydrogen-bond donors (Lipinski definition) is 1. The van der Waals surface area contributed by atoms with E-state index in [0.717, 1.165) is 11.3 Å². The summed E-state index contributed by atoms with van der Waals surface area (Å²) in [7, 11) is 0. The van der Waals surface area contributed by atoms with Crippen LogP contribution in [0.4, 0.5) is 5.69 Å². The van der Waals surface area contributed by atoms with E-state index < -0.39 is 0 Å². The Morgan fingerprint density at radius 1 is 1.67 bits per heavy atom. The summed E-state index contributed by atoms with van der Waals surface area (Å²) in [5.41, 5.74) is 4.92. The SMILES string of the molecule is [c]1cccc2c1CON2. The number of fused-ring (bicyclic) bond motifs is 1. The Balaban J connectivity index is 2.54. The van der Waals surface area contributed by atoms with Crippen LogP contribution in [0.1, 0.15) is 5.56 Å². The fourth-order valence-electron chi connectivity index (χ4n) is 0.872. The molecule has 1 heterocycles. The molecule has 45 valence electrons. The van der Waals surface area contributed by atoms with Crippen molar-refractivity contribution in [2.75, 3.05) is 5.48 Å². The molecule has 0 bridgehead atoms. The van der Waals surface area contributed by atoms with E-state index in [4.69, 9.17) is 4.84 Å². The molecule has 1 aromatic carbocycles. The standard InChI is InChI=1S/C7H6NO/c1-2-4-7-6(3-1)5-9-8-7/h1-2,4,8H,5H2. The molecule has 1 aliphatic heterocycles. The Hall–Kier alpha value is -1.02. The molecule has 0 amide bonds. The molecule has 1 radical (unpaired) electrons. The zero-order chi connectivity index (χ0) is 6.10. The van der Waals surface area contributed by atoms with Crippen molar-refractivity contribution >= 4 is 5.69 Å². The normalized spacial score (nSPS) is 14.7. The van der Waals surface area contributed by atoms with Gasteiger partial charge in [0.05, 0.1) is 5.69 Å². The summed E-state index contributed by atoms with van der Waals surface area (Å²) in [4.78, 5) is 4.93. The molecule has 0 aromatic heterocycles. The van der Waals surface area contributed by atoms with Crippen LogP contribution in [0.3, 0.4) is 0 Å². The minimum atomic E-state index is 0.635. The molecule has 2 rings (SSSR count). The van der Waals surface area contributed by atoms with Gasteiger partial charge in [-0.05, 0) is 12.1 Å². The van der Waals surface area contributed by atoms with Crippen LogP contribution in [0, 0.1) is 6.07 Å². The Morgan fingerprint density at radius 3 is 3.56 bits per heavy atom. The van der Waals surface area contributed by atoms with Gasteiger partial charge in [-0.1, -0.05) is 12.1 Å². The van der Waals surface area contributed by atoms with Crippen molar-refractivity contribution in [1.82, 2.24) is 0 Å². The predicted octanol–water partition coefficient (Wildman–Crippen LogP) is 1.34. The van der Waals surface area contributed by atoms with Gasteiger partial charge in [-0.2, -0.15) is 0 Å². The second-order valence-electron chi connectivity index (χ2n) is 1.95. The molecule has 0 spiro atoms. The van der Waals surface area contributed by atoms with Crippen molar-refractivity contribution < 1.29 is 4.84 Å². The van der Waals surface area contributed by atoms with Gasteiger partial charge in [-0.3, -0.25) is 10.3 Å². The van der Waals surface area contributed by atoms with E-state index in [0.29, 0.717) is 6.61 Å². The average Bonchev–Trinajstić information content (AvgIpc) is 2.33. The largest absolute Gasteiger partial charge is 0.271 e. The Kier molecular flexibility index (Phi) is 0.932. The first-order valence-corrected chi connectivity index (χ1v) is 2.84. The van der Waals surface area contributed by atoms with Crippen molar-refractivity contribution in [3.8, 4) is 0 Å². The minimum absolute atomic E-state index is 0.635. The van der Waals surface area contributed by atoms with E-state index in [-0.39, 0.29) is 0 Å². The quantitative estimate of drug-likeness (QED) is 0.558. The first-order valence-electron chi connectivity index (χ1n) is 2.84. The van der Waals surface area contributed by atoms with Gasteiger partial charge in [-0.25, -0.2) is 0 Å². The van der Waals surface area contributed by atoms with E-state index in [9.17, 15) is 0 Å². The Labute approximate surface area is 53.4 Å². The van der Waals surface area contributed by atoms with Crippen LogP contribution >= 0.6 is 0 Å². The third-order valence-corrected chi connectivity index (χ3v) is 1.34. The van der Waals surface area contributed by atoms with E-state index in [1.807, 2.05) is 18.2 Å². The number of rotatable bonds is 0. The van der Waals surface area contributed by atoms with Crippen LogP contribution in [-0.2, 0) is 11.4 Å². The van der Waals surface area contributed by atoms with Gasteiger partial charge >= 0.3 is 0 Å². The van der Waals surface area contributed by atoms with E-state index in [1.54, 1.807) is 0 Å². The second-order valence-corrected chi connectivity index (χ2v) is 1.95. The fourth-order valence-corrected chi connectivity index (χ4v) is 0.872. The molecule has 1 N–H and O–H groups in total. The molecule has 0 saturated heterocycles. The highest BCUT2D eigenvalue weighted by atomic mass is 16.6. The number of hydrogen-bond acceptors (Lipinski definition) is 2. The summed E-state index contributed by atoms with van der Waals surface area (Å²) in [6, 6.07) is 8.85. The van der Waals surface area contributed by atoms with Gasteiger partial charge in [0.2, 0.25) is 0 Å². The predicted molar refractivity (Wildman–Crippen MR) is 33.7 cm³/mol. The Morgan fingerprint density at radius 2 is 2.67 bits per heavy atom. The molecule has 1 aromatic rings. The molecule has 0 atom stereocenters. The maximum atomic E-state index is 4.93. The van der Waals surface area contributed by atoms with Crippen LogP contribution in [0.15, 0.2) is 18.2 Å². The molecule has 2 heteroatoms. The van der Waals surface area contributed by atoms with Crippen LogP contribution in [-0.4, -0.2) is 0 Å². The number of anilines is 1. The summed E-state index contributed by atoms with van der Waals surface area (Å²) in [6.45, 7) is 0.635. The summed E-state index contributed by atoms with van der Waals surface area (Å²) in [6.07, 6.45) is 0. The topological polar surface area (TPSA) is 21.3 Å². The van der Waals surface area contributed by atoms with Gasteiger partial charge < -0.3 is 0 Å². The van der Waals surface area contributed by atoms with Crippen molar-refractivity contribution in [3.05, 3.63) is 29.8 Å². The Bertz CT molecular complexity index is 199. The third-order valence-electron chi connectivity index (χ3n) is 1.34. The summed E-state index contributed by atoms with van der Waals surface area (Å²) < 4.78 is 0. The van der Waals surface area contributed by atoms with Crippen LogP contribution < -0.4 is 5.48 Å². The second kappa shape index (κ2) is 1.74. The molecule has 0 aliphatic carbocycles. The first-order chi connectivity index (χ1) is 4.47. The molecule has 1 aliphatic rings. The number of benzene rings is 1. The summed E-state index contributed by atoms with van der Waals surface area (Å²) >= 11 is 0. The first kappa shape index (κ1) is 4.82.